The lowest BCUT2D eigenvalue weighted by Crippen LogP contribution is -2.29. The fourth-order valence-corrected chi connectivity index (χ4v) is 3.52. The Morgan fingerprint density at radius 2 is 1.62 bits per heavy atom. The largest absolute Gasteiger partial charge is 0.338 e. The van der Waals surface area contributed by atoms with E-state index in [1.165, 1.54) is 0 Å². The van der Waals surface area contributed by atoms with Gasteiger partial charge in [0.1, 0.15) is 0 Å². The molecule has 0 saturated carbocycles. The summed E-state index contributed by atoms with van der Waals surface area (Å²) in [6.45, 7) is 1.69. The van der Waals surface area contributed by atoms with E-state index >= 15 is 0 Å². The van der Waals surface area contributed by atoms with Crippen LogP contribution in [0.4, 0.5) is 11.6 Å². The average Bonchev–Trinajstić information content (AvgIpc) is 3.07. The van der Waals surface area contributed by atoms with Gasteiger partial charge in [-0.1, -0.05) is 30.4 Å². The first kappa shape index (κ1) is 14.9. The zero-order valence-electron chi connectivity index (χ0n) is 13.4. The van der Waals surface area contributed by atoms with Crippen molar-refractivity contribution in [2.24, 2.45) is 11.8 Å². The van der Waals surface area contributed by atoms with Gasteiger partial charge in [-0.25, -0.2) is 9.97 Å². The molecule has 1 aliphatic heterocycles. The molecule has 2 aliphatic rings. The molecule has 4 rings (SSSR count). The predicted octanol–water partition coefficient (Wildman–Crippen LogP) is 3.26. The summed E-state index contributed by atoms with van der Waals surface area (Å²) in [6, 6.07) is 9.74. The van der Waals surface area contributed by atoms with Gasteiger partial charge >= 0.3 is 0 Å². The first-order chi connectivity index (χ1) is 11.8. The van der Waals surface area contributed by atoms with E-state index in [0.29, 0.717) is 23.3 Å². The monoisotopic (exact) mass is 320 g/mol. The fraction of sp³-hybridized carbons (Fsp3) is 0.316. The van der Waals surface area contributed by atoms with E-state index in [1.54, 1.807) is 12.4 Å². The molecule has 2 atom stereocenters. The highest BCUT2D eigenvalue weighted by molar-refractivity contribution is 5.94. The second-order valence-corrected chi connectivity index (χ2v) is 6.46. The van der Waals surface area contributed by atoms with E-state index in [2.05, 4.69) is 27.4 Å². The third-order valence-corrected chi connectivity index (χ3v) is 4.84. The molecule has 1 N–H and O–H groups in total. The molecular weight excluding hydrogens is 300 g/mol. The van der Waals surface area contributed by atoms with Crippen LogP contribution >= 0.6 is 0 Å². The zero-order chi connectivity index (χ0) is 16.4. The van der Waals surface area contributed by atoms with Crippen molar-refractivity contribution in [2.75, 3.05) is 18.4 Å². The van der Waals surface area contributed by atoms with Gasteiger partial charge in [-0.05, 0) is 36.8 Å². The number of carbonyl (C=O) groups excluding carboxylic acids is 1. The van der Waals surface area contributed by atoms with Gasteiger partial charge in [0.15, 0.2) is 0 Å². The van der Waals surface area contributed by atoms with E-state index in [9.17, 15) is 4.79 Å². The number of nitrogens with one attached hydrogen (secondary N) is 1. The highest BCUT2D eigenvalue weighted by Crippen LogP contribution is 2.33. The van der Waals surface area contributed by atoms with Crippen LogP contribution in [0.25, 0.3) is 0 Å². The third-order valence-electron chi connectivity index (χ3n) is 4.84. The molecule has 1 aliphatic carbocycles. The van der Waals surface area contributed by atoms with Crippen LogP contribution in [-0.2, 0) is 0 Å². The first-order valence-corrected chi connectivity index (χ1v) is 8.38. The molecule has 2 heterocycles. The van der Waals surface area contributed by atoms with Gasteiger partial charge in [0.2, 0.25) is 5.95 Å². The van der Waals surface area contributed by atoms with Crippen molar-refractivity contribution < 1.29 is 4.79 Å². The van der Waals surface area contributed by atoms with E-state index in [4.69, 9.17) is 0 Å². The van der Waals surface area contributed by atoms with Crippen LogP contribution in [0.5, 0.6) is 0 Å². The van der Waals surface area contributed by atoms with Crippen molar-refractivity contribution in [1.82, 2.24) is 14.9 Å². The van der Waals surface area contributed by atoms with Gasteiger partial charge in [0.05, 0.1) is 5.56 Å². The maximum Gasteiger partial charge on any atom is 0.257 e. The zero-order valence-corrected chi connectivity index (χ0v) is 13.4. The molecule has 1 amide bonds. The number of anilines is 2. The minimum Gasteiger partial charge on any atom is -0.338 e. The minimum atomic E-state index is 0.0376. The summed E-state index contributed by atoms with van der Waals surface area (Å²) in [6.07, 6.45) is 9.88. The van der Waals surface area contributed by atoms with Crippen LogP contribution in [0.2, 0.25) is 0 Å². The quantitative estimate of drug-likeness (QED) is 0.882. The molecule has 1 aromatic carbocycles. The first-order valence-electron chi connectivity index (χ1n) is 8.38. The molecule has 1 fully saturated rings. The Kier molecular flexibility index (Phi) is 3.99. The lowest BCUT2D eigenvalue weighted by molar-refractivity contribution is 0.0783. The van der Waals surface area contributed by atoms with E-state index in [0.717, 1.165) is 31.6 Å². The lowest BCUT2D eigenvalue weighted by atomic mass is 9.86. The van der Waals surface area contributed by atoms with Gasteiger partial charge in [-0.2, -0.15) is 0 Å². The van der Waals surface area contributed by atoms with Gasteiger partial charge in [0.25, 0.3) is 5.91 Å². The Bertz CT molecular complexity index is 726. The summed E-state index contributed by atoms with van der Waals surface area (Å²) in [7, 11) is 0. The van der Waals surface area contributed by atoms with Crippen LogP contribution in [0, 0.1) is 11.8 Å². The summed E-state index contributed by atoms with van der Waals surface area (Å²) in [5.74, 6) is 1.76. The molecule has 2 aromatic rings. The Labute approximate surface area is 141 Å². The predicted molar refractivity (Wildman–Crippen MR) is 93.0 cm³/mol. The van der Waals surface area contributed by atoms with Gasteiger partial charge < -0.3 is 10.2 Å². The van der Waals surface area contributed by atoms with Crippen molar-refractivity contribution in [3.05, 3.63) is 60.4 Å². The van der Waals surface area contributed by atoms with Crippen LogP contribution < -0.4 is 5.32 Å². The number of hydrogen-bond donors (Lipinski definition) is 1. The number of fused-ring (bicyclic) bond motifs is 1. The van der Waals surface area contributed by atoms with E-state index in [1.807, 2.05) is 35.2 Å². The molecule has 2 unspecified atom stereocenters. The Morgan fingerprint density at radius 3 is 2.25 bits per heavy atom. The summed E-state index contributed by atoms with van der Waals surface area (Å²) in [5.41, 5.74) is 1.48. The van der Waals surface area contributed by atoms with Crippen molar-refractivity contribution in [2.45, 2.75) is 12.8 Å². The lowest BCUT2D eigenvalue weighted by Gasteiger charge is -2.17. The van der Waals surface area contributed by atoms with Crippen molar-refractivity contribution in [3.63, 3.8) is 0 Å². The summed E-state index contributed by atoms with van der Waals surface area (Å²) < 4.78 is 0. The maximum atomic E-state index is 12.7. The Hall–Kier alpha value is -2.69. The number of para-hydroxylation sites is 1. The number of nitrogens with zero attached hydrogens (tertiary/aromatic N) is 3. The normalized spacial score (nSPS) is 22.2. The molecule has 5 nitrogen and oxygen atoms in total. The van der Waals surface area contributed by atoms with Crippen molar-refractivity contribution in [3.8, 4) is 0 Å². The standard InChI is InChI=1S/C19H20N4O/c24-18(23-12-14-6-4-5-7-15(14)13-23)16-10-20-19(21-11-16)22-17-8-2-1-3-9-17/h1-5,8-11,14-15H,6-7,12-13H2,(H,20,21,22). The molecule has 24 heavy (non-hydrogen) atoms. The molecular formula is C19H20N4O. The van der Waals surface area contributed by atoms with E-state index in [-0.39, 0.29) is 5.91 Å². The van der Waals surface area contributed by atoms with Crippen LogP contribution in [0.3, 0.4) is 0 Å². The number of hydrogen-bond acceptors (Lipinski definition) is 4. The van der Waals surface area contributed by atoms with Crippen molar-refractivity contribution >= 4 is 17.5 Å². The van der Waals surface area contributed by atoms with Crippen LogP contribution in [0.15, 0.2) is 54.9 Å². The number of aromatic nitrogens is 2. The molecule has 0 radical (unpaired) electrons. The van der Waals surface area contributed by atoms with Gasteiger partial charge in [-0.3, -0.25) is 4.79 Å². The Morgan fingerprint density at radius 1 is 1.00 bits per heavy atom. The number of likely N-dealkylation sites (tertiary alicyclic amines) is 1. The highest BCUT2D eigenvalue weighted by atomic mass is 16.2. The van der Waals surface area contributed by atoms with Crippen LogP contribution in [-0.4, -0.2) is 33.9 Å². The number of allylic oxidation sites excluding steroid dienone is 2. The highest BCUT2D eigenvalue weighted by Gasteiger charge is 2.35. The second kappa shape index (κ2) is 6.43. The molecule has 1 saturated heterocycles. The smallest absolute Gasteiger partial charge is 0.257 e. The molecule has 0 spiro atoms. The molecule has 122 valence electrons. The molecule has 0 bridgehead atoms. The summed E-state index contributed by atoms with van der Waals surface area (Å²) in [5, 5.41) is 3.12. The number of carbonyl (C=O) groups is 1. The average molecular weight is 320 g/mol. The van der Waals surface area contributed by atoms with E-state index < -0.39 is 0 Å². The fourth-order valence-electron chi connectivity index (χ4n) is 3.52. The van der Waals surface area contributed by atoms with Crippen LogP contribution in [0.1, 0.15) is 23.2 Å². The SMILES string of the molecule is O=C(c1cnc(Nc2ccccc2)nc1)N1CC2CC=CCC2C1. The summed E-state index contributed by atoms with van der Waals surface area (Å²) >= 11 is 0. The summed E-state index contributed by atoms with van der Waals surface area (Å²) in [4.78, 5) is 23.2. The van der Waals surface area contributed by atoms with Gasteiger partial charge in [-0.15, -0.1) is 0 Å². The topological polar surface area (TPSA) is 58.1 Å². The minimum absolute atomic E-state index is 0.0376. The molecule has 1 aromatic heterocycles. The maximum absolute atomic E-state index is 12.7. The van der Waals surface area contributed by atoms with Gasteiger partial charge in [0, 0.05) is 31.2 Å². The Balaban J connectivity index is 1.42. The molecule has 5 heteroatoms. The number of amides is 1. The number of rotatable bonds is 3. The van der Waals surface area contributed by atoms with Crippen molar-refractivity contribution in [1.29, 1.82) is 0 Å². The number of benzene rings is 1. The second-order valence-electron chi connectivity index (χ2n) is 6.46. The third kappa shape index (κ3) is 3.02.